The molecular formula is C17H22N4O2S. The standard InChI is InChI=1S/C17H22N4O2S/c1-12-11-23-7-6-20(12)13-9-15(19-16(22)10-13)21-5-2-3-14(21)17-18-4-8-24-17/h4,8-10,12,14H,2-3,5-7,11H2,1H3,(H,19,22)/t12-,14+/m1/s1. The number of ether oxygens (including phenoxy) is 1. The summed E-state index contributed by atoms with van der Waals surface area (Å²) in [7, 11) is 0. The summed E-state index contributed by atoms with van der Waals surface area (Å²) >= 11 is 1.68. The second-order valence-electron chi connectivity index (χ2n) is 6.43. The molecule has 0 aliphatic carbocycles. The van der Waals surface area contributed by atoms with Crippen molar-refractivity contribution in [3.63, 3.8) is 0 Å². The van der Waals surface area contributed by atoms with E-state index in [0.717, 1.165) is 42.4 Å². The molecule has 2 aliphatic rings. The first-order chi connectivity index (χ1) is 11.7. The SMILES string of the molecule is C[C@@H]1COCCN1c1cc(N2CCC[C@H]2c2nccs2)[nH]c(=O)c1. The van der Waals surface area contributed by atoms with E-state index in [9.17, 15) is 4.79 Å². The minimum absolute atomic E-state index is 0.0500. The number of aromatic nitrogens is 2. The molecule has 0 spiro atoms. The zero-order valence-corrected chi connectivity index (χ0v) is 14.6. The van der Waals surface area contributed by atoms with Crippen LogP contribution in [-0.4, -0.2) is 42.3 Å². The molecule has 2 aromatic heterocycles. The maximum Gasteiger partial charge on any atom is 0.251 e. The van der Waals surface area contributed by atoms with Crippen LogP contribution in [0.1, 0.15) is 30.8 Å². The van der Waals surface area contributed by atoms with Gasteiger partial charge in [-0.05, 0) is 19.8 Å². The van der Waals surface area contributed by atoms with E-state index < -0.39 is 0 Å². The van der Waals surface area contributed by atoms with Gasteiger partial charge in [0, 0.05) is 48.5 Å². The number of thiazole rings is 1. The zero-order valence-electron chi connectivity index (χ0n) is 13.8. The molecule has 0 saturated carbocycles. The van der Waals surface area contributed by atoms with Gasteiger partial charge in [0.2, 0.25) is 0 Å². The van der Waals surface area contributed by atoms with E-state index in [1.165, 1.54) is 0 Å². The van der Waals surface area contributed by atoms with Crippen LogP contribution in [0.5, 0.6) is 0 Å². The molecule has 7 heteroatoms. The number of nitrogens with zero attached hydrogens (tertiary/aromatic N) is 3. The Bertz CT molecular complexity index is 745. The monoisotopic (exact) mass is 346 g/mol. The van der Waals surface area contributed by atoms with Crippen molar-refractivity contribution in [3.8, 4) is 0 Å². The molecule has 2 atom stereocenters. The van der Waals surface area contributed by atoms with Crippen LogP contribution in [0.4, 0.5) is 11.5 Å². The number of H-pyrrole nitrogens is 1. The van der Waals surface area contributed by atoms with E-state index >= 15 is 0 Å². The number of morpholine rings is 1. The normalized spacial score (nSPS) is 24.5. The van der Waals surface area contributed by atoms with Crippen LogP contribution < -0.4 is 15.4 Å². The summed E-state index contributed by atoms with van der Waals surface area (Å²) in [4.78, 5) is 24.3. The van der Waals surface area contributed by atoms with E-state index in [4.69, 9.17) is 4.74 Å². The van der Waals surface area contributed by atoms with Gasteiger partial charge in [0.15, 0.2) is 0 Å². The molecule has 2 fully saturated rings. The van der Waals surface area contributed by atoms with Crippen LogP contribution in [0, 0.1) is 0 Å². The summed E-state index contributed by atoms with van der Waals surface area (Å²) in [6, 6.07) is 4.34. The van der Waals surface area contributed by atoms with Crippen molar-refractivity contribution in [2.24, 2.45) is 0 Å². The van der Waals surface area contributed by atoms with Crippen molar-refractivity contribution < 1.29 is 4.74 Å². The van der Waals surface area contributed by atoms with E-state index in [1.54, 1.807) is 17.4 Å². The van der Waals surface area contributed by atoms with Gasteiger partial charge in [-0.3, -0.25) is 4.79 Å². The Hall–Kier alpha value is -1.86. The molecule has 0 radical (unpaired) electrons. The fourth-order valence-corrected chi connectivity index (χ4v) is 4.44. The van der Waals surface area contributed by atoms with Crippen molar-refractivity contribution in [3.05, 3.63) is 39.1 Å². The van der Waals surface area contributed by atoms with Gasteiger partial charge in [0.05, 0.1) is 19.3 Å². The van der Waals surface area contributed by atoms with Crippen molar-refractivity contribution in [2.75, 3.05) is 36.1 Å². The quantitative estimate of drug-likeness (QED) is 0.925. The van der Waals surface area contributed by atoms with Crippen molar-refractivity contribution in [2.45, 2.75) is 31.8 Å². The summed E-state index contributed by atoms with van der Waals surface area (Å²) in [5.74, 6) is 0.897. The highest BCUT2D eigenvalue weighted by atomic mass is 32.1. The topological polar surface area (TPSA) is 61.5 Å². The molecule has 1 N–H and O–H groups in total. The molecule has 24 heavy (non-hydrogen) atoms. The van der Waals surface area contributed by atoms with E-state index in [1.807, 2.05) is 11.6 Å². The minimum atomic E-state index is -0.0500. The highest BCUT2D eigenvalue weighted by Gasteiger charge is 2.29. The van der Waals surface area contributed by atoms with Gasteiger partial charge in [-0.1, -0.05) is 0 Å². The smallest absolute Gasteiger partial charge is 0.251 e. The Morgan fingerprint density at radius 3 is 3.04 bits per heavy atom. The van der Waals surface area contributed by atoms with Gasteiger partial charge < -0.3 is 19.5 Å². The van der Waals surface area contributed by atoms with Gasteiger partial charge in [-0.15, -0.1) is 11.3 Å². The van der Waals surface area contributed by atoms with Crippen LogP contribution in [0.3, 0.4) is 0 Å². The molecule has 2 saturated heterocycles. The zero-order chi connectivity index (χ0) is 16.5. The molecule has 0 unspecified atom stereocenters. The van der Waals surface area contributed by atoms with Crippen LogP contribution in [0.15, 0.2) is 28.5 Å². The molecule has 6 nitrogen and oxygen atoms in total. The molecule has 0 aromatic carbocycles. The summed E-state index contributed by atoms with van der Waals surface area (Å²) in [5.41, 5.74) is 0.931. The second-order valence-corrected chi connectivity index (χ2v) is 7.35. The van der Waals surface area contributed by atoms with Crippen molar-refractivity contribution in [1.29, 1.82) is 0 Å². The van der Waals surface area contributed by atoms with Gasteiger partial charge >= 0.3 is 0 Å². The molecule has 4 heterocycles. The van der Waals surface area contributed by atoms with Crippen molar-refractivity contribution >= 4 is 22.8 Å². The predicted octanol–water partition coefficient (Wildman–Crippen LogP) is 2.40. The molecule has 0 bridgehead atoms. The maximum atomic E-state index is 12.3. The molecule has 2 aliphatic heterocycles. The first-order valence-corrected chi connectivity index (χ1v) is 9.35. The second kappa shape index (κ2) is 6.57. The molecular weight excluding hydrogens is 324 g/mol. The molecule has 0 amide bonds. The Labute approximate surface area is 145 Å². The first kappa shape index (κ1) is 15.7. The predicted molar refractivity (Wildman–Crippen MR) is 96.1 cm³/mol. The highest BCUT2D eigenvalue weighted by Crippen LogP contribution is 2.36. The largest absolute Gasteiger partial charge is 0.377 e. The average Bonchev–Trinajstić information content (AvgIpc) is 3.26. The molecule has 2 aromatic rings. The fourth-order valence-electron chi connectivity index (χ4n) is 3.66. The lowest BCUT2D eigenvalue weighted by molar-refractivity contribution is 0.0989. The number of nitrogens with one attached hydrogen (secondary N) is 1. The Kier molecular flexibility index (Phi) is 4.28. The molecule has 128 valence electrons. The lowest BCUT2D eigenvalue weighted by Crippen LogP contribution is -2.44. The lowest BCUT2D eigenvalue weighted by Gasteiger charge is -2.35. The van der Waals surface area contributed by atoms with Gasteiger partial charge in [-0.2, -0.15) is 0 Å². The summed E-state index contributed by atoms with van der Waals surface area (Å²) < 4.78 is 5.51. The number of pyridine rings is 1. The van der Waals surface area contributed by atoms with Crippen molar-refractivity contribution in [1.82, 2.24) is 9.97 Å². The number of hydrogen-bond acceptors (Lipinski definition) is 6. The lowest BCUT2D eigenvalue weighted by atomic mass is 10.2. The summed E-state index contributed by atoms with van der Waals surface area (Å²) in [5, 5.41) is 3.14. The van der Waals surface area contributed by atoms with Crippen LogP contribution in [0.25, 0.3) is 0 Å². The van der Waals surface area contributed by atoms with Crippen LogP contribution >= 0.6 is 11.3 Å². The number of anilines is 2. The van der Waals surface area contributed by atoms with E-state index in [2.05, 4.69) is 32.8 Å². The first-order valence-electron chi connectivity index (χ1n) is 8.47. The molecule has 4 rings (SSSR count). The summed E-state index contributed by atoms with van der Waals surface area (Å²) in [6.07, 6.45) is 4.04. The Morgan fingerprint density at radius 1 is 1.33 bits per heavy atom. The third kappa shape index (κ3) is 2.93. The average molecular weight is 346 g/mol. The Balaban J connectivity index is 1.67. The van der Waals surface area contributed by atoms with Crippen LogP contribution in [0.2, 0.25) is 0 Å². The number of rotatable bonds is 3. The third-order valence-corrected chi connectivity index (χ3v) is 5.69. The number of aromatic amines is 1. The number of hydrogen-bond donors (Lipinski definition) is 1. The third-order valence-electron chi connectivity index (χ3n) is 4.81. The van der Waals surface area contributed by atoms with Gasteiger partial charge in [-0.25, -0.2) is 4.98 Å². The fraction of sp³-hybridized carbons (Fsp3) is 0.529. The minimum Gasteiger partial charge on any atom is -0.377 e. The Morgan fingerprint density at radius 2 is 2.25 bits per heavy atom. The van der Waals surface area contributed by atoms with E-state index in [-0.39, 0.29) is 17.6 Å². The summed E-state index contributed by atoms with van der Waals surface area (Å²) in [6.45, 7) is 5.31. The van der Waals surface area contributed by atoms with Gasteiger partial charge in [0.25, 0.3) is 5.56 Å². The van der Waals surface area contributed by atoms with Crippen LogP contribution in [-0.2, 0) is 4.74 Å². The highest BCUT2D eigenvalue weighted by molar-refractivity contribution is 7.09. The maximum absolute atomic E-state index is 12.3. The van der Waals surface area contributed by atoms with Gasteiger partial charge in [0.1, 0.15) is 10.8 Å². The van der Waals surface area contributed by atoms with E-state index in [0.29, 0.717) is 13.2 Å².